The Morgan fingerprint density at radius 1 is 1.23 bits per heavy atom. The first-order valence-corrected chi connectivity index (χ1v) is 8.02. The van der Waals surface area contributed by atoms with Crippen LogP contribution in [-0.4, -0.2) is 31.7 Å². The van der Waals surface area contributed by atoms with E-state index < -0.39 is 0 Å². The van der Waals surface area contributed by atoms with Crippen molar-refractivity contribution in [2.75, 3.05) is 20.8 Å². The second-order valence-corrected chi connectivity index (χ2v) is 5.19. The van der Waals surface area contributed by atoms with Crippen LogP contribution in [0.4, 0.5) is 0 Å². The number of aliphatic imine (C=N–C) groups is 1. The minimum absolute atomic E-state index is 0. The minimum Gasteiger partial charge on any atom is -0.489 e. The quantitative estimate of drug-likeness (QED) is 0.270. The number of nitrogens with one attached hydrogen (secondary N) is 2. The number of nitrogens with zero attached hydrogens (tertiary/aromatic N) is 2. The lowest BCUT2D eigenvalue weighted by molar-refractivity contribution is 0.358. The Balaban J connectivity index is 0.00000338. The first-order chi connectivity index (χ1) is 12.3. The van der Waals surface area contributed by atoms with E-state index in [9.17, 15) is 0 Å². The topological polar surface area (TPSA) is 67.8 Å². The van der Waals surface area contributed by atoms with E-state index in [-0.39, 0.29) is 24.0 Å². The van der Waals surface area contributed by atoms with E-state index in [1.165, 1.54) is 0 Å². The van der Waals surface area contributed by atoms with Gasteiger partial charge in [0.1, 0.15) is 12.4 Å². The number of benzene rings is 1. The minimum atomic E-state index is 0. The normalized spacial score (nSPS) is 10.5. The molecule has 2 rings (SSSR count). The Labute approximate surface area is 171 Å². The number of methoxy groups -OCH3 is 1. The Morgan fingerprint density at radius 2 is 2.00 bits per heavy atom. The lowest BCUT2D eigenvalue weighted by atomic mass is 10.2. The average molecular weight is 468 g/mol. The first kappa shape index (κ1) is 21.8. The molecule has 0 amide bonds. The largest absolute Gasteiger partial charge is 0.489 e. The highest BCUT2D eigenvalue weighted by Gasteiger charge is 2.05. The zero-order chi connectivity index (χ0) is 17.9. The monoisotopic (exact) mass is 468 g/mol. The van der Waals surface area contributed by atoms with Gasteiger partial charge in [-0.25, -0.2) is 4.98 Å². The molecule has 2 aromatic rings. The molecule has 6 nitrogen and oxygen atoms in total. The molecular weight excluding hydrogens is 443 g/mol. The lowest BCUT2D eigenvalue weighted by Gasteiger charge is -2.14. The zero-order valence-corrected chi connectivity index (χ0v) is 17.4. The molecule has 1 heterocycles. The van der Waals surface area contributed by atoms with Crippen molar-refractivity contribution in [1.29, 1.82) is 0 Å². The van der Waals surface area contributed by atoms with Gasteiger partial charge >= 0.3 is 0 Å². The fraction of sp³-hybridized carbons (Fsp3) is 0.263. The van der Waals surface area contributed by atoms with Gasteiger partial charge in [-0.3, -0.25) is 4.99 Å². The standard InChI is InChI=1S/C19H24N4O2.HI/c1-4-11-25-17-8-6-5-7-16(17)14-23-19(20-2)22-13-15-9-10-21-18(12-15)24-3;/h4-10,12H,1,11,13-14H2,2-3H3,(H2,20,22,23);1H. The van der Waals surface area contributed by atoms with Crippen molar-refractivity contribution in [3.8, 4) is 11.6 Å². The third-order valence-corrected chi connectivity index (χ3v) is 3.47. The van der Waals surface area contributed by atoms with E-state index in [2.05, 4.69) is 27.2 Å². The van der Waals surface area contributed by atoms with E-state index >= 15 is 0 Å². The summed E-state index contributed by atoms with van der Waals surface area (Å²) in [5.41, 5.74) is 2.11. The predicted octanol–water partition coefficient (Wildman–Crippen LogP) is 3.14. The van der Waals surface area contributed by atoms with Crippen LogP contribution in [0.2, 0.25) is 0 Å². The van der Waals surface area contributed by atoms with Gasteiger partial charge in [-0.2, -0.15) is 0 Å². The third-order valence-electron chi connectivity index (χ3n) is 3.47. The zero-order valence-electron chi connectivity index (χ0n) is 15.1. The maximum absolute atomic E-state index is 5.67. The molecule has 0 radical (unpaired) electrons. The van der Waals surface area contributed by atoms with Crippen LogP contribution in [0.3, 0.4) is 0 Å². The van der Waals surface area contributed by atoms with Gasteiger partial charge in [0.15, 0.2) is 5.96 Å². The molecule has 0 atom stereocenters. The van der Waals surface area contributed by atoms with E-state index in [4.69, 9.17) is 9.47 Å². The van der Waals surface area contributed by atoms with Crippen molar-refractivity contribution in [3.05, 3.63) is 66.4 Å². The first-order valence-electron chi connectivity index (χ1n) is 8.02. The molecule has 1 aromatic carbocycles. The van der Waals surface area contributed by atoms with Gasteiger partial charge in [0, 0.05) is 38.0 Å². The van der Waals surface area contributed by atoms with Crippen molar-refractivity contribution in [3.63, 3.8) is 0 Å². The molecular formula is C19H25IN4O2. The van der Waals surface area contributed by atoms with Crippen molar-refractivity contribution >= 4 is 29.9 Å². The van der Waals surface area contributed by atoms with Gasteiger partial charge in [0.2, 0.25) is 5.88 Å². The number of halogens is 1. The average Bonchev–Trinajstić information content (AvgIpc) is 2.67. The number of ether oxygens (including phenoxy) is 2. The molecule has 26 heavy (non-hydrogen) atoms. The molecule has 0 fully saturated rings. The van der Waals surface area contributed by atoms with E-state index in [0.717, 1.165) is 16.9 Å². The maximum atomic E-state index is 5.67. The number of hydrogen-bond acceptors (Lipinski definition) is 4. The van der Waals surface area contributed by atoms with Crippen LogP contribution in [0.15, 0.2) is 60.2 Å². The van der Waals surface area contributed by atoms with Crippen molar-refractivity contribution in [1.82, 2.24) is 15.6 Å². The number of guanidine groups is 1. The van der Waals surface area contributed by atoms with Gasteiger partial charge in [0.25, 0.3) is 0 Å². The Hall–Kier alpha value is -2.29. The smallest absolute Gasteiger partial charge is 0.213 e. The Bertz CT molecular complexity index is 722. The summed E-state index contributed by atoms with van der Waals surface area (Å²) in [6.45, 7) is 5.38. The second-order valence-electron chi connectivity index (χ2n) is 5.19. The van der Waals surface area contributed by atoms with Crippen LogP contribution in [0.1, 0.15) is 11.1 Å². The molecule has 7 heteroatoms. The molecule has 0 aliphatic rings. The summed E-state index contributed by atoms with van der Waals surface area (Å²) in [4.78, 5) is 8.34. The molecule has 2 N–H and O–H groups in total. The van der Waals surface area contributed by atoms with Gasteiger partial charge in [-0.1, -0.05) is 30.9 Å². The van der Waals surface area contributed by atoms with Gasteiger partial charge in [0.05, 0.1) is 7.11 Å². The van der Waals surface area contributed by atoms with Crippen molar-refractivity contribution < 1.29 is 9.47 Å². The highest BCUT2D eigenvalue weighted by molar-refractivity contribution is 14.0. The fourth-order valence-corrected chi connectivity index (χ4v) is 2.20. The third kappa shape index (κ3) is 6.91. The molecule has 0 bridgehead atoms. The van der Waals surface area contributed by atoms with E-state index in [0.29, 0.717) is 31.5 Å². The number of pyridine rings is 1. The number of rotatable bonds is 8. The van der Waals surface area contributed by atoms with Crippen LogP contribution < -0.4 is 20.1 Å². The highest BCUT2D eigenvalue weighted by Crippen LogP contribution is 2.17. The van der Waals surface area contributed by atoms with Gasteiger partial charge < -0.3 is 20.1 Å². The predicted molar refractivity (Wildman–Crippen MR) is 115 cm³/mol. The Kier molecular flexibility index (Phi) is 10.1. The van der Waals surface area contributed by atoms with Crippen LogP contribution in [-0.2, 0) is 13.1 Å². The Morgan fingerprint density at radius 3 is 2.73 bits per heavy atom. The van der Waals surface area contributed by atoms with E-state index in [1.807, 2.05) is 36.4 Å². The molecule has 0 aliphatic heterocycles. The van der Waals surface area contributed by atoms with Crippen LogP contribution in [0.5, 0.6) is 11.6 Å². The van der Waals surface area contributed by atoms with Crippen molar-refractivity contribution in [2.45, 2.75) is 13.1 Å². The maximum Gasteiger partial charge on any atom is 0.213 e. The summed E-state index contributed by atoms with van der Waals surface area (Å²) in [7, 11) is 3.34. The van der Waals surface area contributed by atoms with Gasteiger partial charge in [-0.15, -0.1) is 24.0 Å². The fourth-order valence-electron chi connectivity index (χ4n) is 2.20. The molecule has 0 spiro atoms. The molecule has 0 saturated heterocycles. The van der Waals surface area contributed by atoms with Gasteiger partial charge in [-0.05, 0) is 17.7 Å². The summed E-state index contributed by atoms with van der Waals surface area (Å²) in [6, 6.07) is 11.7. The highest BCUT2D eigenvalue weighted by atomic mass is 127. The number of para-hydroxylation sites is 1. The van der Waals surface area contributed by atoms with Crippen LogP contribution in [0.25, 0.3) is 0 Å². The van der Waals surface area contributed by atoms with Crippen molar-refractivity contribution in [2.24, 2.45) is 4.99 Å². The molecule has 0 saturated carbocycles. The lowest BCUT2D eigenvalue weighted by Crippen LogP contribution is -2.36. The summed E-state index contributed by atoms with van der Waals surface area (Å²) in [5, 5.41) is 6.56. The number of hydrogen-bond donors (Lipinski definition) is 2. The molecule has 140 valence electrons. The van der Waals surface area contributed by atoms with E-state index in [1.54, 1.807) is 26.4 Å². The molecule has 0 unspecified atom stereocenters. The molecule has 1 aromatic heterocycles. The summed E-state index contributed by atoms with van der Waals surface area (Å²) >= 11 is 0. The van der Waals surface area contributed by atoms with Crippen LogP contribution in [0, 0.1) is 0 Å². The summed E-state index contributed by atoms with van der Waals surface area (Å²) in [5.74, 6) is 2.13. The van der Waals surface area contributed by atoms with Crippen LogP contribution >= 0.6 is 24.0 Å². The number of aromatic nitrogens is 1. The molecule has 0 aliphatic carbocycles. The SMILES string of the molecule is C=CCOc1ccccc1CNC(=NC)NCc1ccnc(OC)c1.I. The second kappa shape index (κ2) is 12.1. The summed E-state index contributed by atoms with van der Waals surface area (Å²) < 4.78 is 10.8. The summed E-state index contributed by atoms with van der Waals surface area (Å²) in [6.07, 6.45) is 3.45.